The standard InChI is InChI=1S/C14H14N4O/c1-8(2)12-14(19)16-11-7-5-4-6-10(11)13-15-9(3)17-18(12)13/h4-7H,1-3H3,(H,16,19). The van der Waals surface area contributed by atoms with Gasteiger partial charge in [0, 0.05) is 5.56 Å². The Labute approximate surface area is 111 Å². The van der Waals surface area contributed by atoms with Gasteiger partial charge < -0.3 is 5.32 Å². The molecule has 1 N–H and O–H groups in total. The highest BCUT2D eigenvalue weighted by Gasteiger charge is 2.26. The average Bonchev–Trinajstić information content (AvgIpc) is 2.66. The summed E-state index contributed by atoms with van der Waals surface area (Å²) in [6, 6.07) is 7.62. The highest BCUT2D eigenvalue weighted by molar-refractivity contribution is 6.23. The molecule has 1 amide bonds. The monoisotopic (exact) mass is 254 g/mol. The van der Waals surface area contributed by atoms with Crippen LogP contribution < -0.4 is 5.32 Å². The summed E-state index contributed by atoms with van der Waals surface area (Å²) in [6.45, 7) is 5.61. The summed E-state index contributed by atoms with van der Waals surface area (Å²) in [5.74, 6) is 1.19. The van der Waals surface area contributed by atoms with Gasteiger partial charge in [-0.15, -0.1) is 0 Å². The van der Waals surface area contributed by atoms with Gasteiger partial charge in [0.25, 0.3) is 5.91 Å². The molecule has 19 heavy (non-hydrogen) atoms. The maximum atomic E-state index is 12.3. The van der Waals surface area contributed by atoms with Gasteiger partial charge in [0.1, 0.15) is 11.5 Å². The predicted octanol–water partition coefficient (Wildman–Crippen LogP) is 2.46. The molecule has 0 bridgehead atoms. The van der Waals surface area contributed by atoms with E-state index < -0.39 is 0 Å². The Kier molecular flexibility index (Phi) is 2.48. The van der Waals surface area contributed by atoms with Crippen LogP contribution in [-0.2, 0) is 4.79 Å². The second-order valence-corrected chi connectivity index (χ2v) is 4.74. The van der Waals surface area contributed by atoms with E-state index in [9.17, 15) is 4.79 Å². The van der Waals surface area contributed by atoms with E-state index in [4.69, 9.17) is 0 Å². The number of carbonyl (C=O) groups excluding carboxylic acids is 1. The van der Waals surface area contributed by atoms with E-state index >= 15 is 0 Å². The quantitative estimate of drug-likeness (QED) is 0.735. The van der Waals surface area contributed by atoms with E-state index in [1.54, 1.807) is 4.68 Å². The van der Waals surface area contributed by atoms with Crippen LogP contribution in [0.15, 0.2) is 29.8 Å². The Morgan fingerprint density at radius 3 is 2.74 bits per heavy atom. The molecule has 3 rings (SSSR count). The predicted molar refractivity (Wildman–Crippen MR) is 73.4 cm³/mol. The van der Waals surface area contributed by atoms with Gasteiger partial charge in [0.2, 0.25) is 0 Å². The fraction of sp³-hybridized carbons (Fsp3) is 0.214. The number of nitrogens with one attached hydrogen (secondary N) is 1. The van der Waals surface area contributed by atoms with Crippen LogP contribution in [-0.4, -0.2) is 20.7 Å². The van der Waals surface area contributed by atoms with E-state index in [0.717, 1.165) is 16.8 Å². The summed E-state index contributed by atoms with van der Waals surface area (Å²) in [5.41, 5.74) is 3.08. The third-order valence-corrected chi connectivity index (χ3v) is 3.03. The first-order valence-corrected chi connectivity index (χ1v) is 6.10. The van der Waals surface area contributed by atoms with Crippen LogP contribution in [0.25, 0.3) is 17.1 Å². The van der Waals surface area contributed by atoms with Crippen molar-refractivity contribution in [2.75, 3.05) is 5.32 Å². The normalized spacial score (nSPS) is 13.4. The third-order valence-electron chi connectivity index (χ3n) is 3.03. The molecule has 1 aromatic heterocycles. The molecular weight excluding hydrogens is 240 g/mol. The number of allylic oxidation sites excluding steroid dienone is 1. The van der Waals surface area contributed by atoms with Crippen LogP contribution in [0.5, 0.6) is 0 Å². The Bertz CT molecular complexity index is 708. The molecule has 0 saturated carbocycles. The summed E-state index contributed by atoms with van der Waals surface area (Å²) in [6.07, 6.45) is 0. The lowest BCUT2D eigenvalue weighted by Crippen LogP contribution is -2.17. The molecule has 0 atom stereocenters. The van der Waals surface area contributed by atoms with E-state index in [1.807, 2.05) is 45.0 Å². The number of benzene rings is 1. The molecule has 1 aliphatic heterocycles. The minimum absolute atomic E-state index is 0.156. The Morgan fingerprint density at radius 1 is 1.26 bits per heavy atom. The number of rotatable bonds is 0. The molecule has 0 aliphatic carbocycles. The zero-order valence-electron chi connectivity index (χ0n) is 11.1. The van der Waals surface area contributed by atoms with Crippen LogP contribution in [0.1, 0.15) is 19.7 Å². The second kappa shape index (κ2) is 4.05. The highest BCUT2D eigenvalue weighted by atomic mass is 16.2. The van der Waals surface area contributed by atoms with E-state index in [-0.39, 0.29) is 5.91 Å². The van der Waals surface area contributed by atoms with Gasteiger partial charge in [-0.2, -0.15) is 5.10 Å². The molecule has 0 unspecified atom stereocenters. The van der Waals surface area contributed by atoms with Gasteiger partial charge in [0.05, 0.1) is 5.69 Å². The molecule has 5 nitrogen and oxygen atoms in total. The number of hydrogen-bond donors (Lipinski definition) is 1. The summed E-state index contributed by atoms with van der Waals surface area (Å²) in [7, 11) is 0. The van der Waals surface area contributed by atoms with Gasteiger partial charge in [-0.3, -0.25) is 4.79 Å². The number of anilines is 1. The molecule has 96 valence electrons. The first-order valence-electron chi connectivity index (χ1n) is 6.10. The van der Waals surface area contributed by atoms with Gasteiger partial charge >= 0.3 is 0 Å². The Hall–Kier alpha value is -2.43. The van der Waals surface area contributed by atoms with Gasteiger partial charge in [-0.25, -0.2) is 9.67 Å². The zero-order chi connectivity index (χ0) is 13.6. The number of aryl methyl sites for hydroxylation is 1. The summed E-state index contributed by atoms with van der Waals surface area (Å²) < 4.78 is 1.63. The van der Waals surface area contributed by atoms with Crippen LogP contribution in [0, 0.1) is 6.92 Å². The molecule has 0 saturated heterocycles. The van der Waals surface area contributed by atoms with Crippen molar-refractivity contribution in [3.8, 4) is 11.4 Å². The molecule has 2 heterocycles. The zero-order valence-corrected chi connectivity index (χ0v) is 11.1. The Balaban J connectivity index is 2.38. The van der Waals surface area contributed by atoms with Crippen molar-refractivity contribution in [1.29, 1.82) is 0 Å². The number of fused-ring (bicyclic) bond motifs is 3. The first-order chi connectivity index (χ1) is 9.08. The van der Waals surface area contributed by atoms with Gasteiger partial charge in [-0.1, -0.05) is 12.1 Å². The molecule has 1 aliphatic rings. The van der Waals surface area contributed by atoms with Gasteiger partial charge in [0.15, 0.2) is 5.82 Å². The van der Waals surface area contributed by atoms with Crippen molar-refractivity contribution in [2.45, 2.75) is 20.8 Å². The highest BCUT2D eigenvalue weighted by Crippen LogP contribution is 2.32. The summed E-state index contributed by atoms with van der Waals surface area (Å²) >= 11 is 0. The summed E-state index contributed by atoms with van der Waals surface area (Å²) in [4.78, 5) is 16.8. The van der Waals surface area contributed by atoms with Crippen molar-refractivity contribution in [3.63, 3.8) is 0 Å². The lowest BCUT2D eigenvalue weighted by Gasteiger charge is -2.07. The molecule has 5 heteroatoms. The lowest BCUT2D eigenvalue weighted by molar-refractivity contribution is -0.111. The van der Waals surface area contributed by atoms with Crippen LogP contribution in [0.2, 0.25) is 0 Å². The van der Waals surface area contributed by atoms with E-state index in [1.165, 1.54) is 0 Å². The van der Waals surface area contributed by atoms with Crippen molar-refractivity contribution in [3.05, 3.63) is 35.7 Å². The topological polar surface area (TPSA) is 59.8 Å². The summed E-state index contributed by atoms with van der Waals surface area (Å²) in [5, 5.41) is 7.26. The number of para-hydroxylation sites is 1. The van der Waals surface area contributed by atoms with E-state index in [2.05, 4.69) is 15.4 Å². The number of carbonyl (C=O) groups is 1. The fourth-order valence-corrected chi connectivity index (χ4v) is 2.25. The maximum Gasteiger partial charge on any atom is 0.274 e. The molecule has 2 aromatic rings. The van der Waals surface area contributed by atoms with Crippen molar-refractivity contribution >= 4 is 17.3 Å². The number of amides is 1. The number of aromatic nitrogens is 3. The van der Waals surface area contributed by atoms with Crippen LogP contribution in [0.4, 0.5) is 5.69 Å². The second-order valence-electron chi connectivity index (χ2n) is 4.74. The molecule has 0 radical (unpaired) electrons. The van der Waals surface area contributed by atoms with Crippen molar-refractivity contribution < 1.29 is 4.79 Å². The van der Waals surface area contributed by atoms with Crippen LogP contribution >= 0.6 is 0 Å². The van der Waals surface area contributed by atoms with E-state index in [0.29, 0.717) is 17.3 Å². The number of hydrogen-bond acceptors (Lipinski definition) is 3. The van der Waals surface area contributed by atoms with Crippen LogP contribution in [0.3, 0.4) is 0 Å². The lowest BCUT2D eigenvalue weighted by atomic mass is 10.1. The molecule has 0 fully saturated rings. The number of nitrogens with zero attached hydrogens (tertiary/aromatic N) is 3. The largest absolute Gasteiger partial charge is 0.320 e. The van der Waals surface area contributed by atoms with Crippen molar-refractivity contribution in [1.82, 2.24) is 14.8 Å². The first kappa shape index (κ1) is 11.6. The maximum absolute atomic E-state index is 12.3. The third kappa shape index (κ3) is 1.74. The fourth-order valence-electron chi connectivity index (χ4n) is 2.25. The minimum atomic E-state index is -0.156. The molecule has 1 aromatic carbocycles. The van der Waals surface area contributed by atoms with Gasteiger partial charge in [-0.05, 0) is 38.5 Å². The molecular formula is C14H14N4O. The van der Waals surface area contributed by atoms with Crippen molar-refractivity contribution in [2.24, 2.45) is 0 Å². The molecule has 0 spiro atoms. The minimum Gasteiger partial charge on any atom is -0.320 e. The Morgan fingerprint density at radius 2 is 2.00 bits per heavy atom. The SMILES string of the molecule is CC(C)=C1C(=O)Nc2ccccc2-c2nc(C)nn21. The smallest absolute Gasteiger partial charge is 0.274 e. The average molecular weight is 254 g/mol.